The number of rotatable bonds is 3. The Bertz CT molecular complexity index is 588. The molecule has 1 aliphatic heterocycles. The number of hydrogen-bond acceptors (Lipinski definition) is 4. The van der Waals surface area contributed by atoms with E-state index in [-0.39, 0.29) is 18.1 Å². The number of aliphatic hydroxyl groups is 1. The Morgan fingerprint density at radius 2 is 2.00 bits per heavy atom. The molecular weight excluding hydrogens is 259 g/mol. The Hall–Kier alpha value is -0.980. The van der Waals surface area contributed by atoms with E-state index in [4.69, 9.17) is 4.74 Å². The highest BCUT2D eigenvalue weighted by molar-refractivity contribution is 7.92. The summed E-state index contributed by atoms with van der Waals surface area (Å²) < 4.78 is 42.8. The minimum absolute atomic E-state index is 0.119. The maximum absolute atomic E-state index is 13.9. The standard InChI is InChI=1S/C12H13FO4S/c13-10-5-8(12(14)3-4-12)1-2-11(10)18(15,16)9-6-17-7-9/h1-2,5,9,14H,3-4,6-7H2. The number of benzene rings is 1. The van der Waals surface area contributed by atoms with Crippen molar-refractivity contribution >= 4 is 9.84 Å². The molecule has 2 aliphatic rings. The summed E-state index contributed by atoms with van der Waals surface area (Å²) in [6, 6.07) is 3.86. The summed E-state index contributed by atoms with van der Waals surface area (Å²) in [5.74, 6) is -0.792. The molecule has 98 valence electrons. The van der Waals surface area contributed by atoms with Crippen LogP contribution in [0.2, 0.25) is 0 Å². The summed E-state index contributed by atoms with van der Waals surface area (Å²) in [5.41, 5.74) is -0.508. The molecule has 0 atom stereocenters. The second-order valence-corrected chi connectivity index (χ2v) is 7.08. The summed E-state index contributed by atoms with van der Waals surface area (Å²) in [4.78, 5) is -0.302. The topological polar surface area (TPSA) is 63.6 Å². The fourth-order valence-electron chi connectivity index (χ4n) is 2.00. The molecule has 1 aromatic carbocycles. The van der Waals surface area contributed by atoms with Crippen LogP contribution in [0.15, 0.2) is 23.1 Å². The zero-order chi connectivity index (χ0) is 13.0. The molecule has 0 radical (unpaired) electrons. The molecule has 0 spiro atoms. The van der Waals surface area contributed by atoms with E-state index in [0.29, 0.717) is 18.4 Å². The highest BCUT2D eigenvalue weighted by Gasteiger charge is 2.43. The molecule has 0 aromatic heterocycles. The van der Waals surface area contributed by atoms with Crippen molar-refractivity contribution in [3.63, 3.8) is 0 Å². The van der Waals surface area contributed by atoms with Gasteiger partial charge in [-0.2, -0.15) is 0 Å². The van der Waals surface area contributed by atoms with Crippen LogP contribution in [0.1, 0.15) is 18.4 Å². The van der Waals surface area contributed by atoms with E-state index in [1.54, 1.807) is 0 Å². The minimum Gasteiger partial charge on any atom is -0.385 e. The van der Waals surface area contributed by atoms with Gasteiger partial charge in [0.15, 0.2) is 9.84 Å². The molecule has 0 bridgehead atoms. The van der Waals surface area contributed by atoms with Crippen molar-refractivity contribution in [1.82, 2.24) is 0 Å². The van der Waals surface area contributed by atoms with Crippen LogP contribution in [0.4, 0.5) is 4.39 Å². The van der Waals surface area contributed by atoms with Crippen LogP contribution in [0.3, 0.4) is 0 Å². The van der Waals surface area contributed by atoms with E-state index in [9.17, 15) is 17.9 Å². The van der Waals surface area contributed by atoms with E-state index in [1.807, 2.05) is 0 Å². The Kier molecular flexibility index (Phi) is 2.52. The van der Waals surface area contributed by atoms with Crippen molar-refractivity contribution in [2.75, 3.05) is 13.2 Å². The molecule has 4 nitrogen and oxygen atoms in total. The van der Waals surface area contributed by atoms with Gasteiger partial charge in [-0.25, -0.2) is 12.8 Å². The first-order chi connectivity index (χ1) is 8.43. The Labute approximate surface area is 104 Å². The van der Waals surface area contributed by atoms with Gasteiger partial charge < -0.3 is 9.84 Å². The Balaban J connectivity index is 1.98. The molecule has 1 aliphatic carbocycles. The van der Waals surface area contributed by atoms with Crippen molar-refractivity contribution in [3.8, 4) is 0 Å². The lowest BCUT2D eigenvalue weighted by atomic mass is 10.1. The summed E-state index contributed by atoms with van der Waals surface area (Å²) in [5, 5.41) is 9.20. The fourth-order valence-corrected chi connectivity index (χ4v) is 3.50. The SMILES string of the molecule is O=S(=O)(c1ccc(C2(O)CC2)cc1F)C1COC1. The van der Waals surface area contributed by atoms with Crippen LogP contribution in [-0.2, 0) is 20.2 Å². The van der Waals surface area contributed by atoms with E-state index in [0.717, 1.165) is 6.07 Å². The molecule has 0 unspecified atom stereocenters. The predicted octanol–water partition coefficient (Wildman–Crippen LogP) is 0.980. The summed E-state index contributed by atoms with van der Waals surface area (Å²) in [6.45, 7) is 0.237. The second kappa shape index (κ2) is 3.76. The Morgan fingerprint density at radius 3 is 2.44 bits per heavy atom. The van der Waals surface area contributed by atoms with Crippen molar-refractivity contribution in [1.29, 1.82) is 0 Å². The molecule has 6 heteroatoms. The molecule has 3 rings (SSSR count). The molecule has 1 N–H and O–H groups in total. The van der Waals surface area contributed by atoms with Crippen LogP contribution >= 0.6 is 0 Å². The number of halogens is 1. The summed E-state index contributed by atoms with van der Waals surface area (Å²) in [6.07, 6.45) is 1.18. The quantitative estimate of drug-likeness (QED) is 0.891. The van der Waals surface area contributed by atoms with Gasteiger partial charge in [0.05, 0.1) is 18.8 Å². The van der Waals surface area contributed by atoms with Crippen LogP contribution in [0.5, 0.6) is 0 Å². The monoisotopic (exact) mass is 272 g/mol. The average molecular weight is 272 g/mol. The van der Waals surface area contributed by atoms with E-state index >= 15 is 0 Å². The van der Waals surface area contributed by atoms with Gasteiger partial charge in [0.1, 0.15) is 16.0 Å². The van der Waals surface area contributed by atoms with E-state index < -0.39 is 26.5 Å². The third-order valence-corrected chi connectivity index (χ3v) is 5.64. The van der Waals surface area contributed by atoms with E-state index in [2.05, 4.69) is 0 Å². The van der Waals surface area contributed by atoms with Gasteiger partial charge in [-0.05, 0) is 30.5 Å². The van der Waals surface area contributed by atoms with Crippen LogP contribution in [0.25, 0.3) is 0 Å². The van der Waals surface area contributed by atoms with Crippen LogP contribution < -0.4 is 0 Å². The average Bonchev–Trinajstić information content (AvgIpc) is 2.93. The molecular formula is C12H13FO4S. The fraction of sp³-hybridized carbons (Fsp3) is 0.500. The lowest BCUT2D eigenvalue weighted by Crippen LogP contribution is -2.41. The van der Waals surface area contributed by atoms with Crippen molar-refractivity contribution in [3.05, 3.63) is 29.6 Å². The van der Waals surface area contributed by atoms with Gasteiger partial charge in [-0.15, -0.1) is 0 Å². The van der Waals surface area contributed by atoms with Gasteiger partial charge in [-0.1, -0.05) is 6.07 Å². The molecule has 2 fully saturated rings. The van der Waals surface area contributed by atoms with Gasteiger partial charge in [-0.3, -0.25) is 0 Å². The van der Waals surface area contributed by atoms with Crippen molar-refractivity contribution in [2.45, 2.75) is 28.6 Å². The molecule has 0 amide bonds. The Morgan fingerprint density at radius 1 is 1.33 bits per heavy atom. The van der Waals surface area contributed by atoms with Crippen LogP contribution in [-0.4, -0.2) is 32.0 Å². The normalized spacial score (nSPS) is 22.6. The van der Waals surface area contributed by atoms with Gasteiger partial charge in [0, 0.05) is 0 Å². The first kappa shape index (κ1) is 12.1. The smallest absolute Gasteiger partial charge is 0.188 e. The summed E-state index contributed by atoms with van der Waals surface area (Å²) in [7, 11) is -3.66. The summed E-state index contributed by atoms with van der Waals surface area (Å²) >= 11 is 0. The van der Waals surface area contributed by atoms with Gasteiger partial charge in [0.25, 0.3) is 0 Å². The third-order valence-electron chi connectivity index (χ3n) is 3.55. The number of ether oxygens (including phenoxy) is 1. The molecule has 1 saturated heterocycles. The zero-order valence-corrected chi connectivity index (χ0v) is 10.4. The second-order valence-electron chi connectivity index (χ2n) is 4.88. The first-order valence-electron chi connectivity index (χ1n) is 5.77. The lowest BCUT2D eigenvalue weighted by Gasteiger charge is -2.26. The van der Waals surface area contributed by atoms with Gasteiger partial charge >= 0.3 is 0 Å². The molecule has 1 saturated carbocycles. The third kappa shape index (κ3) is 1.75. The largest absolute Gasteiger partial charge is 0.385 e. The van der Waals surface area contributed by atoms with Crippen LogP contribution in [0, 0.1) is 5.82 Å². The highest BCUT2D eigenvalue weighted by Crippen LogP contribution is 2.45. The zero-order valence-electron chi connectivity index (χ0n) is 9.60. The molecule has 1 aromatic rings. The highest BCUT2D eigenvalue weighted by atomic mass is 32.2. The minimum atomic E-state index is -3.66. The lowest BCUT2D eigenvalue weighted by molar-refractivity contribution is 0.0415. The number of sulfone groups is 1. The van der Waals surface area contributed by atoms with Crippen molar-refractivity contribution in [2.24, 2.45) is 0 Å². The number of hydrogen-bond donors (Lipinski definition) is 1. The van der Waals surface area contributed by atoms with Crippen molar-refractivity contribution < 1.29 is 22.7 Å². The molecule has 1 heterocycles. The maximum atomic E-state index is 13.9. The van der Waals surface area contributed by atoms with E-state index in [1.165, 1.54) is 12.1 Å². The molecule has 18 heavy (non-hydrogen) atoms. The predicted molar refractivity (Wildman–Crippen MR) is 61.3 cm³/mol. The van der Waals surface area contributed by atoms with Gasteiger partial charge in [0.2, 0.25) is 0 Å². The maximum Gasteiger partial charge on any atom is 0.188 e. The first-order valence-corrected chi connectivity index (χ1v) is 7.32.